The van der Waals surface area contributed by atoms with Crippen LogP contribution in [0.2, 0.25) is 0 Å². The predicted molar refractivity (Wildman–Crippen MR) is 101 cm³/mol. The zero-order chi connectivity index (χ0) is 24.4. The fourth-order valence-electron chi connectivity index (χ4n) is 1.24. The number of amides is 2. The van der Waals surface area contributed by atoms with Gasteiger partial charge in [0, 0.05) is 19.3 Å². The average molecular weight is 439 g/mol. The second-order valence-corrected chi connectivity index (χ2v) is 5.78. The molecule has 15 nitrogen and oxygen atoms in total. The average Bonchev–Trinajstić information content (AvgIpc) is 2.62. The van der Waals surface area contributed by atoms with E-state index in [4.69, 9.17) is 49.1 Å². The van der Waals surface area contributed by atoms with E-state index in [1.165, 1.54) is 0 Å². The third-order valence-electron chi connectivity index (χ3n) is 3.02. The van der Waals surface area contributed by atoms with Crippen molar-refractivity contribution < 1.29 is 49.2 Å². The number of carbonyl (C=O) groups excluding carboxylic acids is 2. The van der Waals surface area contributed by atoms with Crippen LogP contribution in [0.4, 0.5) is 0 Å². The van der Waals surface area contributed by atoms with Gasteiger partial charge in [-0.3, -0.25) is 28.8 Å². The maximum atomic E-state index is 10.1. The molecule has 3 atom stereocenters. The molecule has 0 aliphatic heterocycles. The van der Waals surface area contributed by atoms with Gasteiger partial charge in [-0.05, 0) is 19.3 Å². The van der Waals surface area contributed by atoms with Crippen molar-refractivity contribution in [1.29, 1.82) is 0 Å². The van der Waals surface area contributed by atoms with Crippen molar-refractivity contribution in [2.24, 2.45) is 28.7 Å². The Hall–Kier alpha value is -3.30. The van der Waals surface area contributed by atoms with E-state index in [0.29, 0.717) is 0 Å². The van der Waals surface area contributed by atoms with Gasteiger partial charge >= 0.3 is 23.9 Å². The number of hydrogen-bond acceptors (Lipinski definition) is 9. The van der Waals surface area contributed by atoms with Crippen molar-refractivity contribution in [2.45, 2.75) is 56.7 Å². The highest BCUT2D eigenvalue weighted by Crippen LogP contribution is 1.94. The summed E-state index contributed by atoms with van der Waals surface area (Å²) < 4.78 is 0. The Morgan fingerprint density at radius 1 is 0.533 bits per heavy atom. The van der Waals surface area contributed by atoms with Gasteiger partial charge in [-0.1, -0.05) is 0 Å². The molecule has 0 aromatic rings. The van der Waals surface area contributed by atoms with Crippen molar-refractivity contribution in [1.82, 2.24) is 0 Å². The predicted octanol–water partition coefficient (Wildman–Crippen LogP) is -3.41. The molecule has 14 N–H and O–H groups in total. The molecule has 0 unspecified atom stereocenters. The van der Waals surface area contributed by atoms with Gasteiger partial charge < -0.3 is 49.1 Å². The van der Waals surface area contributed by atoms with Crippen LogP contribution in [0.15, 0.2) is 0 Å². The van der Waals surface area contributed by atoms with E-state index >= 15 is 0 Å². The number of primary amides is 2. The van der Waals surface area contributed by atoms with Crippen molar-refractivity contribution in [3.63, 3.8) is 0 Å². The van der Waals surface area contributed by atoms with Gasteiger partial charge in [-0.25, -0.2) is 0 Å². The van der Waals surface area contributed by atoms with Crippen LogP contribution < -0.4 is 28.7 Å². The number of carbonyl (C=O) groups is 6. The SMILES string of the molecule is NC(=O)CC[C@H](N)C(=O)O.NC(=O)CC[C@H](N)C(=O)O.N[C@@H](CCC(=O)O)C(=O)O. The van der Waals surface area contributed by atoms with Gasteiger partial charge in [0.2, 0.25) is 11.8 Å². The second-order valence-electron chi connectivity index (χ2n) is 5.78. The fraction of sp³-hybridized carbons (Fsp3) is 0.600. The Bertz CT molecular complexity index is 518. The molecule has 0 bridgehead atoms. The Morgan fingerprint density at radius 2 is 0.767 bits per heavy atom. The van der Waals surface area contributed by atoms with Gasteiger partial charge in [0.05, 0.1) is 0 Å². The molecule has 174 valence electrons. The van der Waals surface area contributed by atoms with Crippen LogP contribution in [0.1, 0.15) is 38.5 Å². The molecule has 0 saturated heterocycles. The molecule has 30 heavy (non-hydrogen) atoms. The lowest BCUT2D eigenvalue weighted by Gasteiger charge is -2.01. The maximum Gasteiger partial charge on any atom is 0.320 e. The number of carboxylic acid groups (broad SMARTS) is 4. The first-order valence-corrected chi connectivity index (χ1v) is 8.35. The van der Waals surface area contributed by atoms with Crippen LogP contribution >= 0.6 is 0 Å². The summed E-state index contributed by atoms with van der Waals surface area (Å²) in [6.45, 7) is 0. The first-order chi connectivity index (χ1) is 13.6. The Kier molecular flexibility index (Phi) is 18.6. The summed E-state index contributed by atoms with van der Waals surface area (Å²) in [7, 11) is 0. The number of carboxylic acids is 4. The quantitative estimate of drug-likeness (QED) is 0.143. The monoisotopic (exact) mass is 439 g/mol. The standard InChI is InChI=1S/2C5H10N2O3.C5H9NO4/c3*6-3(5(9)10)1-2-4(7)8/h2*3H,1-2,6H2,(H2,7,8)(H,9,10);3H,1-2,6H2,(H,7,8)(H,9,10)/t3*3-/m000/s1. The van der Waals surface area contributed by atoms with Gasteiger partial charge in [0.1, 0.15) is 18.1 Å². The van der Waals surface area contributed by atoms with E-state index in [1.54, 1.807) is 0 Å². The highest BCUT2D eigenvalue weighted by molar-refractivity contribution is 5.77. The summed E-state index contributed by atoms with van der Waals surface area (Å²) in [5.74, 6) is -5.48. The van der Waals surface area contributed by atoms with Crippen LogP contribution in [0.25, 0.3) is 0 Å². The number of aliphatic carboxylic acids is 4. The van der Waals surface area contributed by atoms with Gasteiger partial charge in [-0.15, -0.1) is 0 Å². The lowest BCUT2D eigenvalue weighted by Crippen LogP contribution is -2.31. The van der Waals surface area contributed by atoms with Crippen molar-refractivity contribution in [3.8, 4) is 0 Å². The molecule has 0 heterocycles. The molecule has 0 aromatic carbocycles. The van der Waals surface area contributed by atoms with E-state index in [1.807, 2.05) is 0 Å². The van der Waals surface area contributed by atoms with Crippen LogP contribution in [0, 0.1) is 0 Å². The van der Waals surface area contributed by atoms with Crippen LogP contribution in [0.5, 0.6) is 0 Å². The summed E-state index contributed by atoms with van der Waals surface area (Å²) in [5.41, 5.74) is 24.6. The minimum absolute atomic E-state index is 0.0213. The molecule has 0 aliphatic carbocycles. The maximum absolute atomic E-state index is 10.1. The zero-order valence-corrected chi connectivity index (χ0v) is 16.1. The molecule has 2 amide bonds. The zero-order valence-electron chi connectivity index (χ0n) is 16.1. The third-order valence-corrected chi connectivity index (χ3v) is 3.02. The molecule has 0 aromatic heterocycles. The fourth-order valence-corrected chi connectivity index (χ4v) is 1.24. The van der Waals surface area contributed by atoms with Gasteiger partial charge in [-0.2, -0.15) is 0 Å². The first-order valence-electron chi connectivity index (χ1n) is 8.35. The minimum atomic E-state index is -1.17. The van der Waals surface area contributed by atoms with E-state index in [0.717, 1.165) is 0 Å². The van der Waals surface area contributed by atoms with E-state index in [2.05, 4.69) is 0 Å². The molecule has 0 aliphatic rings. The number of nitrogens with two attached hydrogens (primary N) is 5. The highest BCUT2D eigenvalue weighted by Gasteiger charge is 2.13. The molecular formula is C15H29N5O10. The summed E-state index contributed by atoms with van der Waals surface area (Å²) in [5, 5.41) is 32.7. The largest absolute Gasteiger partial charge is 0.481 e. The van der Waals surface area contributed by atoms with Crippen molar-refractivity contribution >= 4 is 35.7 Å². The van der Waals surface area contributed by atoms with Crippen molar-refractivity contribution in [2.75, 3.05) is 0 Å². The molecule has 0 spiro atoms. The van der Waals surface area contributed by atoms with Crippen LogP contribution in [0.3, 0.4) is 0 Å². The van der Waals surface area contributed by atoms with E-state index in [9.17, 15) is 28.8 Å². The molecule has 0 saturated carbocycles. The van der Waals surface area contributed by atoms with Gasteiger partial charge in [0.15, 0.2) is 0 Å². The number of rotatable bonds is 12. The van der Waals surface area contributed by atoms with Gasteiger partial charge in [0.25, 0.3) is 0 Å². The molecule has 0 radical (unpaired) electrons. The Morgan fingerprint density at radius 3 is 0.933 bits per heavy atom. The Labute approximate surface area is 171 Å². The van der Waals surface area contributed by atoms with Crippen LogP contribution in [-0.4, -0.2) is 74.2 Å². The van der Waals surface area contributed by atoms with Crippen molar-refractivity contribution in [3.05, 3.63) is 0 Å². The van der Waals surface area contributed by atoms with Crippen LogP contribution in [-0.2, 0) is 28.8 Å². The molecule has 0 fully saturated rings. The topological polar surface area (TPSA) is 313 Å². The summed E-state index contributed by atoms with van der Waals surface area (Å²) in [6.07, 6.45) is 0.0222. The smallest absolute Gasteiger partial charge is 0.320 e. The lowest BCUT2D eigenvalue weighted by atomic mass is 10.2. The van der Waals surface area contributed by atoms with E-state index < -0.39 is 53.8 Å². The molecule has 15 heteroatoms. The lowest BCUT2D eigenvalue weighted by molar-refractivity contribution is -0.141. The molecule has 0 rings (SSSR count). The summed E-state index contributed by atoms with van der Waals surface area (Å²) in [6, 6.07) is -3.02. The second kappa shape index (κ2) is 17.8. The molecular weight excluding hydrogens is 410 g/mol. The third kappa shape index (κ3) is 24.7. The summed E-state index contributed by atoms with van der Waals surface area (Å²) >= 11 is 0. The highest BCUT2D eigenvalue weighted by atomic mass is 16.4. The normalized spacial score (nSPS) is 12.5. The first kappa shape index (κ1) is 31.4. The summed E-state index contributed by atoms with van der Waals surface area (Å²) in [4.78, 5) is 60.1. The Balaban J connectivity index is -0.000000364. The van der Waals surface area contributed by atoms with E-state index in [-0.39, 0.29) is 38.5 Å². The minimum Gasteiger partial charge on any atom is -0.481 e. The number of hydrogen-bond donors (Lipinski definition) is 9.